The Morgan fingerprint density at radius 3 is 2.71 bits per heavy atom. The van der Waals surface area contributed by atoms with E-state index in [1.54, 1.807) is 0 Å². The Bertz CT molecular complexity index is 1200. The molecule has 0 aromatic heterocycles. The molecule has 1 amide bonds. The quantitative estimate of drug-likeness (QED) is 0.519. The van der Waals surface area contributed by atoms with Crippen molar-refractivity contribution in [2.24, 2.45) is 5.92 Å². The van der Waals surface area contributed by atoms with Crippen LogP contribution in [0.15, 0.2) is 54.6 Å². The summed E-state index contributed by atoms with van der Waals surface area (Å²) in [6.45, 7) is 8.58. The predicted molar refractivity (Wildman–Crippen MR) is 143 cm³/mol. The molecule has 4 nitrogen and oxygen atoms in total. The molecule has 35 heavy (non-hydrogen) atoms. The molecule has 3 aromatic carbocycles. The van der Waals surface area contributed by atoms with Crippen LogP contribution in [-0.2, 0) is 12.8 Å². The van der Waals surface area contributed by atoms with Gasteiger partial charge in [-0.1, -0.05) is 48.5 Å². The van der Waals surface area contributed by atoms with Crippen molar-refractivity contribution in [3.8, 4) is 0 Å². The fourth-order valence-electron chi connectivity index (χ4n) is 5.98. The first kappa shape index (κ1) is 24.0. The number of piperidine rings is 1. The summed E-state index contributed by atoms with van der Waals surface area (Å²) in [6.07, 6.45) is 4.58. The van der Waals surface area contributed by atoms with Gasteiger partial charge in [0.05, 0.1) is 6.10 Å². The second kappa shape index (κ2) is 10.5. The van der Waals surface area contributed by atoms with E-state index in [0.717, 1.165) is 70.4 Å². The third-order valence-corrected chi connectivity index (χ3v) is 8.07. The Morgan fingerprint density at radius 2 is 1.83 bits per heavy atom. The minimum atomic E-state index is -0.331. The number of carbonyl (C=O) groups is 1. The Kier molecular flexibility index (Phi) is 7.22. The smallest absolute Gasteiger partial charge is 0.254 e. The summed E-state index contributed by atoms with van der Waals surface area (Å²) in [5.41, 5.74) is 5.88. The summed E-state index contributed by atoms with van der Waals surface area (Å²) in [7, 11) is 0. The van der Waals surface area contributed by atoms with Crippen LogP contribution in [0.25, 0.3) is 10.8 Å². The molecule has 0 saturated carbocycles. The fraction of sp³-hybridized carbons (Fsp3) is 0.452. The van der Waals surface area contributed by atoms with E-state index in [4.69, 9.17) is 0 Å². The summed E-state index contributed by atoms with van der Waals surface area (Å²) in [5, 5.41) is 13.4. The minimum absolute atomic E-state index is 0.196. The zero-order valence-corrected chi connectivity index (χ0v) is 21.2. The van der Waals surface area contributed by atoms with Gasteiger partial charge >= 0.3 is 0 Å². The van der Waals surface area contributed by atoms with Crippen LogP contribution in [0, 0.1) is 19.8 Å². The second-order valence-corrected chi connectivity index (χ2v) is 10.7. The molecule has 2 unspecified atom stereocenters. The fourth-order valence-corrected chi connectivity index (χ4v) is 5.98. The Morgan fingerprint density at radius 1 is 1.03 bits per heavy atom. The predicted octanol–water partition coefficient (Wildman–Crippen LogP) is 5.16. The van der Waals surface area contributed by atoms with Crippen molar-refractivity contribution < 1.29 is 9.90 Å². The summed E-state index contributed by atoms with van der Waals surface area (Å²) in [4.78, 5) is 17.7. The number of amides is 1. The van der Waals surface area contributed by atoms with Crippen molar-refractivity contribution >= 4 is 16.7 Å². The lowest BCUT2D eigenvalue weighted by atomic mass is 9.92. The van der Waals surface area contributed by atoms with Crippen LogP contribution >= 0.6 is 0 Å². The Hall–Kier alpha value is -2.69. The van der Waals surface area contributed by atoms with Gasteiger partial charge in [-0.3, -0.25) is 4.79 Å². The Balaban J connectivity index is 1.14. The van der Waals surface area contributed by atoms with Gasteiger partial charge in [0.2, 0.25) is 0 Å². The third-order valence-electron chi connectivity index (χ3n) is 8.07. The van der Waals surface area contributed by atoms with Gasteiger partial charge < -0.3 is 14.9 Å². The van der Waals surface area contributed by atoms with Crippen LogP contribution in [0.2, 0.25) is 0 Å². The van der Waals surface area contributed by atoms with Gasteiger partial charge in [-0.15, -0.1) is 0 Å². The lowest BCUT2D eigenvalue weighted by Crippen LogP contribution is -2.46. The molecule has 1 fully saturated rings. The van der Waals surface area contributed by atoms with E-state index in [1.165, 1.54) is 33.0 Å². The first-order valence-corrected chi connectivity index (χ1v) is 13.2. The molecule has 0 bridgehead atoms. The van der Waals surface area contributed by atoms with E-state index in [9.17, 15) is 9.90 Å². The van der Waals surface area contributed by atoms with E-state index >= 15 is 0 Å². The molecule has 5 rings (SSSR count). The highest BCUT2D eigenvalue weighted by atomic mass is 16.3. The van der Waals surface area contributed by atoms with Crippen LogP contribution in [0.4, 0.5) is 0 Å². The molecule has 3 aromatic rings. The van der Waals surface area contributed by atoms with E-state index < -0.39 is 0 Å². The average Bonchev–Trinajstić information content (AvgIpc) is 2.86. The molecule has 1 saturated heterocycles. The number of hydrogen-bond donors (Lipinski definition) is 1. The van der Waals surface area contributed by atoms with Crippen LogP contribution < -0.4 is 0 Å². The first-order chi connectivity index (χ1) is 17.0. The van der Waals surface area contributed by atoms with Crippen LogP contribution in [0.1, 0.15) is 51.9 Å². The number of aliphatic hydroxyl groups is 1. The number of nitrogens with zero attached hydrogens (tertiary/aromatic N) is 2. The lowest BCUT2D eigenvalue weighted by molar-refractivity contribution is 0.0565. The van der Waals surface area contributed by atoms with E-state index in [2.05, 4.69) is 78.2 Å². The maximum Gasteiger partial charge on any atom is 0.254 e. The molecule has 2 atom stereocenters. The number of fused-ring (bicyclic) bond motifs is 2. The maximum atomic E-state index is 13.2. The van der Waals surface area contributed by atoms with E-state index in [0.29, 0.717) is 5.92 Å². The molecule has 2 heterocycles. The molecule has 1 N–H and O–H groups in total. The number of aliphatic hydroxyl groups excluding tert-OH is 1. The number of rotatable bonds is 7. The number of likely N-dealkylation sites (tertiary alicyclic amines) is 1. The summed E-state index contributed by atoms with van der Waals surface area (Å²) in [5.74, 6) is 0.674. The molecule has 4 heteroatoms. The van der Waals surface area contributed by atoms with Gasteiger partial charge in [0.15, 0.2) is 0 Å². The van der Waals surface area contributed by atoms with E-state index in [1.807, 2.05) is 0 Å². The summed E-state index contributed by atoms with van der Waals surface area (Å²) >= 11 is 0. The van der Waals surface area contributed by atoms with Gasteiger partial charge in [-0.25, -0.2) is 0 Å². The van der Waals surface area contributed by atoms with Crippen molar-refractivity contribution in [1.82, 2.24) is 9.80 Å². The number of hydrogen-bond acceptors (Lipinski definition) is 3. The minimum Gasteiger partial charge on any atom is -0.392 e. The Labute approximate surface area is 209 Å². The molecule has 0 radical (unpaired) electrons. The van der Waals surface area contributed by atoms with E-state index in [-0.39, 0.29) is 12.0 Å². The summed E-state index contributed by atoms with van der Waals surface area (Å²) < 4.78 is 0. The molecule has 2 aliphatic rings. The normalized spacial score (nSPS) is 19.7. The van der Waals surface area contributed by atoms with Gasteiger partial charge in [0.1, 0.15) is 0 Å². The number of aryl methyl sites for hydroxylation is 3. The van der Waals surface area contributed by atoms with Gasteiger partial charge in [-0.2, -0.15) is 0 Å². The number of β-amino-alcohol motifs (C(OH)–C–C–N with tert-alkyl or cyclic N) is 1. The van der Waals surface area contributed by atoms with Crippen LogP contribution in [0.3, 0.4) is 0 Å². The molecular weight excluding hydrogens is 432 g/mol. The van der Waals surface area contributed by atoms with Crippen molar-refractivity contribution in [1.29, 1.82) is 0 Å². The molecule has 0 aliphatic carbocycles. The molecule has 0 spiro atoms. The largest absolute Gasteiger partial charge is 0.392 e. The van der Waals surface area contributed by atoms with Crippen LogP contribution in [0.5, 0.6) is 0 Å². The highest BCUT2D eigenvalue weighted by Crippen LogP contribution is 2.26. The van der Waals surface area contributed by atoms with Gasteiger partial charge in [0.25, 0.3) is 5.91 Å². The number of carbonyl (C=O) groups excluding carboxylic acids is 1. The highest BCUT2D eigenvalue weighted by Gasteiger charge is 2.29. The zero-order valence-electron chi connectivity index (χ0n) is 21.2. The van der Waals surface area contributed by atoms with Crippen molar-refractivity contribution in [3.05, 3.63) is 82.4 Å². The molecular formula is C31H38N2O2. The first-order valence-electron chi connectivity index (χ1n) is 13.2. The molecule has 2 aliphatic heterocycles. The number of benzene rings is 3. The van der Waals surface area contributed by atoms with Gasteiger partial charge in [0, 0.05) is 31.7 Å². The SMILES string of the molecule is Cc1cc2c(cc1C)C(=O)N(CC1CCCN(CC(O)CCc3cccc4ccccc34)C1)CC2. The zero-order chi connectivity index (χ0) is 24.4. The van der Waals surface area contributed by atoms with Crippen LogP contribution in [-0.4, -0.2) is 59.6 Å². The average molecular weight is 471 g/mol. The van der Waals surface area contributed by atoms with Crippen molar-refractivity contribution in [2.45, 2.75) is 52.1 Å². The second-order valence-electron chi connectivity index (χ2n) is 10.7. The standard InChI is InChI=1S/C31H38N2O2/c1-22-17-27-14-16-33(31(35)30(27)18-23(22)2)20-24-7-6-15-32(19-24)21-28(34)13-12-26-10-5-9-25-8-3-4-11-29(25)26/h3-5,8-11,17-18,24,28,34H,6-7,12-16,19-21H2,1-2H3. The topological polar surface area (TPSA) is 43.8 Å². The summed E-state index contributed by atoms with van der Waals surface area (Å²) in [6, 6.07) is 19.2. The lowest BCUT2D eigenvalue weighted by Gasteiger charge is -2.38. The monoisotopic (exact) mass is 470 g/mol. The van der Waals surface area contributed by atoms with Crippen molar-refractivity contribution in [3.63, 3.8) is 0 Å². The third kappa shape index (κ3) is 5.44. The molecule has 184 valence electrons. The highest BCUT2D eigenvalue weighted by molar-refractivity contribution is 5.97. The maximum absolute atomic E-state index is 13.2. The van der Waals surface area contributed by atoms with Gasteiger partial charge in [-0.05, 0) is 97.5 Å². The van der Waals surface area contributed by atoms with Crippen molar-refractivity contribution in [2.75, 3.05) is 32.7 Å².